The molecule has 6 heteroatoms. The molecule has 1 fully saturated rings. The molecule has 0 radical (unpaired) electrons. The molecule has 0 bridgehead atoms. The van der Waals surface area contributed by atoms with Gasteiger partial charge < -0.3 is 10.5 Å². The smallest absolute Gasteiger partial charge is 0.369 e. The van der Waals surface area contributed by atoms with E-state index in [1.807, 2.05) is 0 Å². The summed E-state index contributed by atoms with van der Waals surface area (Å²) in [6.07, 6.45) is -1.62. The van der Waals surface area contributed by atoms with Crippen LogP contribution < -0.4 is 5.73 Å². The van der Waals surface area contributed by atoms with Crippen molar-refractivity contribution < 1.29 is 17.9 Å². The molecule has 0 aromatic carbocycles. The molecule has 0 aromatic heterocycles. The zero-order valence-electron chi connectivity index (χ0n) is 7.72. The summed E-state index contributed by atoms with van der Waals surface area (Å²) in [6.45, 7) is -1.13. The number of ether oxygens (including phenoxy) is 1. The summed E-state index contributed by atoms with van der Waals surface area (Å²) in [5.74, 6) is 0. The fraction of sp³-hybridized carbons (Fsp3) is 1.00. The van der Waals surface area contributed by atoms with E-state index in [0.717, 1.165) is 12.8 Å². The van der Waals surface area contributed by atoms with E-state index >= 15 is 0 Å². The van der Waals surface area contributed by atoms with E-state index in [-0.39, 0.29) is 24.6 Å². The Bertz CT molecular complexity index is 157. The van der Waals surface area contributed by atoms with E-state index in [1.54, 1.807) is 0 Å². The van der Waals surface area contributed by atoms with Crippen molar-refractivity contribution in [1.29, 1.82) is 0 Å². The first-order valence-corrected chi connectivity index (χ1v) is 4.41. The van der Waals surface area contributed by atoms with Crippen molar-refractivity contribution in [2.75, 3.05) is 6.61 Å². The van der Waals surface area contributed by atoms with E-state index in [0.29, 0.717) is 12.8 Å². The monoisotopic (exact) mass is 233 g/mol. The van der Waals surface area contributed by atoms with Crippen LogP contribution in [-0.2, 0) is 4.74 Å². The van der Waals surface area contributed by atoms with Crippen LogP contribution in [0.3, 0.4) is 0 Å². The summed E-state index contributed by atoms with van der Waals surface area (Å²) in [4.78, 5) is 0. The van der Waals surface area contributed by atoms with Crippen molar-refractivity contribution in [1.82, 2.24) is 0 Å². The average molecular weight is 234 g/mol. The summed E-state index contributed by atoms with van der Waals surface area (Å²) in [7, 11) is 0. The van der Waals surface area contributed by atoms with E-state index < -0.39 is 12.8 Å². The minimum atomic E-state index is -4.21. The molecule has 1 aliphatic rings. The van der Waals surface area contributed by atoms with Crippen LogP contribution in [0.25, 0.3) is 0 Å². The highest BCUT2D eigenvalue weighted by Gasteiger charge is 2.30. The van der Waals surface area contributed by atoms with Gasteiger partial charge in [-0.3, -0.25) is 0 Å². The van der Waals surface area contributed by atoms with Crippen LogP contribution in [0.5, 0.6) is 0 Å². The van der Waals surface area contributed by atoms with Gasteiger partial charge in [0.15, 0.2) is 0 Å². The Morgan fingerprint density at radius 3 is 2.07 bits per heavy atom. The maximum atomic E-state index is 11.7. The minimum absolute atomic E-state index is 0. The maximum Gasteiger partial charge on any atom is 0.411 e. The summed E-state index contributed by atoms with van der Waals surface area (Å²) >= 11 is 0. The second-order valence-electron chi connectivity index (χ2n) is 3.46. The maximum absolute atomic E-state index is 11.7. The molecule has 2 nitrogen and oxygen atoms in total. The van der Waals surface area contributed by atoms with Gasteiger partial charge in [-0.1, -0.05) is 0 Å². The highest BCUT2D eigenvalue weighted by Crippen LogP contribution is 2.23. The standard InChI is InChI=1S/C8H14F3NO.ClH/c9-8(10,11)5-13-7-3-1-6(12)2-4-7;/h6-7H,1-5,12H2;1H/t6-,7+;. The van der Waals surface area contributed by atoms with Gasteiger partial charge in [-0.15, -0.1) is 12.4 Å². The first-order chi connectivity index (χ1) is 5.97. The second-order valence-corrected chi connectivity index (χ2v) is 3.46. The Labute approximate surface area is 87.4 Å². The molecule has 2 N–H and O–H groups in total. The van der Waals surface area contributed by atoms with Crippen LogP contribution >= 0.6 is 12.4 Å². The van der Waals surface area contributed by atoms with E-state index in [2.05, 4.69) is 0 Å². The van der Waals surface area contributed by atoms with Gasteiger partial charge in [-0.2, -0.15) is 13.2 Å². The van der Waals surface area contributed by atoms with Crippen LogP contribution in [0.4, 0.5) is 13.2 Å². The molecule has 86 valence electrons. The lowest BCUT2D eigenvalue weighted by Gasteiger charge is -2.26. The summed E-state index contributed by atoms with van der Waals surface area (Å²) in [5, 5.41) is 0. The van der Waals surface area contributed by atoms with Crippen molar-refractivity contribution in [2.24, 2.45) is 5.73 Å². The molecule has 1 saturated carbocycles. The average Bonchev–Trinajstić information content (AvgIpc) is 2.02. The summed E-state index contributed by atoms with van der Waals surface area (Å²) in [6, 6.07) is 0.144. The van der Waals surface area contributed by atoms with Crippen molar-refractivity contribution in [3.8, 4) is 0 Å². The number of hydrogen-bond acceptors (Lipinski definition) is 2. The normalized spacial score (nSPS) is 28.3. The molecule has 0 unspecified atom stereocenters. The first kappa shape index (κ1) is 14.0. The Kier molecular flexibility index (Phi) is 5.78. The van der Waals surface area contributed by atoms with Gasteiger partial charge in [0.25, 0.3) is 0 Å². The van der Waals surface area contributed by atoms with E-state index in [9.17, 15) is 13.2 Å². The third kappa shape index (κ3) is 5.67. The third-order valence-corrected chi connectivity index (χ3v) is 2.20. The highest BCUT2D eigenvalue weighted by atomic mass is 35.5. The number of hydrogen-bond donors (Lipinski definition) is 1. The quantitative estimate of drug-likeness (QED) is 0.794. The molecule has 1 rings (SSSR count). The molecule has 0 aromatic rings. The Morgan fingerprint density at radius 1 is 1.14 bits per heavy atom. The second kappa shape index (κ2) is 5.78. The highest BCUT2D eigenvalue weighted by molar-refractivity contribution is 5.85. The van der Waals surface area contributed by atoms with Crippen molar-refractivity contribution in [2.45, 2.75) is 44.0 Å². The summed E-state index contributed by atoms with van der Waals surface area (Å²) in [5.41, 5.74) is 5.60. The van der Waals surface area contributed by atoms with Gasteiger partial charge >= 0.3 is 6.18 Å². The molecular formula is C8H15ClF3NO. The lowest BCUT2D eigenvalue weighted by molar-refractivity contribution is -0.188. The van der Waals surface area contributed by atoms with E-state index in [1.165, 1.54) is 0 Å². The Balaban J connectivity index is 0.00000169. The van der Waals surface area contributed by atoms with Crippen LogP contribution in [-0.4, -0.2) is 24.9 Å². The lowest BCUT2D eigenvalue weighted by atomic mass is 9.94. The molecule has 0 atom stereocenters. The Morgan fingerprint density at radius 2 is 1.64 bits per heavy atom. The van der Waals surface area contributed by atoms with Gasteiger partial charge in [0, 0.05) is 6.04 Å². The van der Waals surface area contributed by atoms with Crippen molar-refractivity contribution >= 4 is 12.4 Å². The van der Waals surface area contributed by atoms with Gasteiger partial charge in [-0.25, -0.2) is 0 Å². The molecule has 1 aliphatic carbocycles. The van der Waals surface area contributed by atoms with Gasteiger partial charge in [0.1, 0.15) is 6.61 Å². The number of rotatable bonds is 2. The predicted octanol–water partition coefficient (Wildman–Crippen LogP) is 2.26. The van der Waals surface area contributed by atoms with Gasteiger partial charge in [-0.05, 0) is 25.7 Å². The minimum Gasteiger partial charge on any atom is -0.369 e. The van der Waals surface area contributed by atoms with Crippen molar-refractivity contribution in [3.05, 3.63) is 0 Å². The SMILES string of the molecule is Cl.N[C@H]1CC[C@@H](OCC(F)(F)F)CC1. The van der Waals surface area contributed by atoms with Crippen LogP contribution in [0.15, 0.2) is 0 Å². The largest absolute Gasteiger partial charge is 0.411 e. The van der Waals surface area contributed by atoms with E-state index in [4.69, 9.17) is 10.5 Å². The third-order valence-electron chi connectivity index (χ3n) is 2.20. The van der Waals surface area contributed by atoms with Crippen LogP contribution in [0, 0.1) is 0 Å². The summed E-state index contributed by atoms with van der Waals surface area (Å²) < 4.78 is 39.9. The Hall–Kier alpha value is -0.0000000000000000555. The fourth-order valence-electron chi connectivity index (χ4n) is 1.47. The number of halogens is 4. The first-order valence-electron chi connectivity index (χ1n) is 4.41. The number of alkyl halides is 3. The molecule has 0 heterocycles. The zero-order valence-corrected chi connectivity index (χ0v) is 8.53. The molecule has 0 saturated heterocycles. The molecule has 0 spiro atoms. The molecule has 0 amide bonds. The topological polar surface area (TPSA) is 35.2 Å². The molecule has 14 heavy (non-hydrogen) atoms. The fourth-order valence-corrected chi connectivity index (χ4v) is 1.47. The molecule has 0 aliphatic heterocycles. The van der Waals surface area contributed by atoms with Crippen LogP contribution in [0.1, 0.15) is 25.7 Å². The molecular weight excluding hydrogens is 219 g/mol. The van der Waals surface area contributed by atoms with Crippen LogP contribution in [0.2, 0.25) is 0 Å². The predicted molar refractivity (Wildman–Crippen MR) is 49.5 cm³/mol. The van der Waals surface area contributed by atoms with Gasteiger partial charge in [0.05, 0.1) is 6.10 Å². The zero-order chi connectivity index (χ0) is 9.90. The number of nitrogens with two attached hydrogens (primary N) is 1. The lowest BCUT2D eigenvalue weighted by Crippen LogP contribution is -2.32. The van der Waals surface area contributed by atoms with Crippen molar-refractivity contribution in [3.63, 3.8) is 0 Å². The van der Waals surface area contributed by atoms with Gasteiger partial charge in [0.2, 0.25) is 0 Å².